The zero-order valence-corrected chi connectivity index (χ0v) is 10.1. The van der Waals surface area contributed by atoms with E-state index >= 15 is 0 Å². The molecule has 0 spiro atoms. The molecule has 90 valence electrons. The predicted octanol–water partition coefficient (Wildman–Crippen LogP) is 2.27. The van der Waals surface area contributed by atoms with Gasteiger partial charge in [-0.25, -0.2) is 4.79 Å². The number of Topliss-reactive ketones (excluding diaryl/α,β-unsaturated/α-hetero) is 1. The van der Waals surface area contributed by atoms with Crippen LogP contribution in [0.2, 0.25) is 0 Å². The van der Waals surface area contributed by atoms with Crippen LogP contribution in [0.3, 0.4) is 0 Å². The fourth-order valence-electron chi connectivity index (χ4n) is 2.08. The normalized spacial score (nSPS) is 18.2. The molecule has 2 amide bonds. The number of ketones is 1. The molecule has 0 radical (unpaired) electrons. The molecular weight excluding hydrogens is 216 g/mol. The van der Waals surface area contributed by atoms with Crippen molar-refractivity contribution in [2.75, 3.05) is 11.9 Å². The summed E-state index contributed by atoms with van der Waals surface area (Å²) >= 11 is 0. The maximum Gasteiger partial charge on any atom is 0.322 e. The van der Waals surface area contributed by atoms with Gasteiger partial charge >= 0.3 is 6.03 Å². The largest absolute Gasteiger partial charge is 0.322 e. The molecule has 17 heavy (non-hydrogen) atoms. The Bertz CT molecular complexity index is 440. The van der Waals surface area contributed by atoms with Crippen LogP contribution in [0.4, 0.5) is 10.5 Å². The van der Waals surface area contributed by atoms with Gasteiger partial charge in [-0.05, 0) is 26.0 Å². The van der Waals surface area contributed by atoms with E-state index in [-0.39, 0.29) is 18.4 Å². The van der Waals surface area contributed by atoms with E-state index in [9.17, 15) is 9.59 Å². The highest BCUT2D eigenvalue weighted by atomic mass is 16.2. The third-order valence-electron chi connectivity index (χ3n) is 2.97. The van der Waals surface area contributed by atoms with Crippen LogP contribution in [-0.4, -0.2) is 28.8 Å². The number of rotatable bonds is 1. The second-order valence-corrected chi connectivity index (χ2v) is 4.91. The van der Waals surface area contributed by atoms with Gasteiger partial charge in [-0.15, -0.1) is 0 Å². The highest BCUT2D eigenvalue weighted by molar-refractivity contribution is 5.96. The van der Waals surface area contributed by atoms with Crippen LogP contribution < -0.4 is 5.32 Å². The summed E-state index contributed by atoms with van der Waals surface area (Å²) in [7, 11) is 0. The van der Waals surface area contributed by atoms with Gasteiger partial charge in [0, 0.05) is 17.6 Å². The number of likely N-dealkylation sites (tertiary alicyclic amines) is 1. The molecule has 0 atom stereocenters. The van der Waals surface area contributed by atoms with E-state index in [4.69, 9.17) is 0 Å². The van der Waals surface area contributed by atoms with Crippen LogP contribution >= 0.6 is 0 Å². The van der Waals surface area contributed by atoms with Crippen LogP contribution in [0.5, 0.6) is 0 Å². The van der Waals surface area contributed by atoms with E-state index in [1.807, 2.05) is 44.2 Å². The Labute approximate surface area is 101 Å². The Hall–Kier alpha value is -1.84. The minimum atomic E-state index is -0.393. The lowest BCUT2D eigenvalue weighted by molar-refractivity contribution is -0.116. The number of nitrogens with zero attached hydrogens (tertiary/aromatic N) is 1. The molecule has 0 aliphatic carbocycles. The smallest absolute Gasteiger partial charge is 0.312 e. The number of carbonyl (C=O) groups is 2. The lowest BCUT2D eigenvalue weighted by atomic mass is 10.0. The third-order valence-corrected chi connectivity index (χ3v) is 2.97. The number of para-hydroxylation sites is 1. The highest BCUT2D eigenvalue weighted by Gasteiger charge is 2.40. The van der Waals surface area contributed by atoms with E-state index in [1.165, 1.54) is 0 Å². The van der Waals surface area contributed by atoms with Gasteiger partial charge in [-0.2, -0.15) is 0 Å². The number of benzene rings is 1. The number of carbonyl (C=O) groups excluding carboxylic acids is 2. The van der Waals surface area contributed by atoms with Crippen LogP contribution in [0.15, 0.2) is 30.3 Å². The first-order chi connectivity index (χ1) is 7.99. The Balaban J connectivity index is 2.09. The van der Waals surface area contributed by atoms with Crippen molar-refractivity contribution in [3.63, 3.8) is 0 Å². The van der Waals surface area contributed by atoms with Crippen molar-refractivity contribution in [3.8, 4) is 0 Å². The predicted molar refractivity (Wildman–Crippen MR) is 65.9 cm³/mol. The molecule has 0 bridgehead atoms. The fraction of sp³-hybridized carbons (Fsp3) is 0.385. The van der Waals surface area contributed by atoms with Gasteiger partial charge in [0.25, 0.3) is 0 Å². The SMILES string of the molecule is CC1(C)CC(=O)CN1C(=O)Nc1ccccc1. The molecule has 1 fully saturated rings. The van der Waals surface area contributed by atoms with E-state index in [2.05, 4.69) is 5.32 Å². The van der Waals surface area contributed by atoms with Crippen molar-refractivity contribution in [1.82, 2.24) is 4.90 Å². The number of hydrogen-bond acceptors (Lipinski definition) is 2. The Morgan fingerprint density at radius 3 is 2.47 bits per heavy atom. The maximum atomic E-state index is 12.0. The van der Waals surface area contributed by atoms with Gasteiger partial charge in [0.2, 0.25) is 0 Å². The van der Waals surface area contributed by atoms with Crippen LogP contribution in [0, 0.1) is 0 Å². The second-order valence-electron chi connectivity index (χ2n) is 4.91. The standard InChI is InChI=1S/C13H16N2O2/c1-13(2)8-11(16)9-15(13)12(17)14-10-6-4-3-5-7-10/h3-7H,8-9H2,1-2H3,(H,14,17). The third kappa shape index (κ3) is 2.46. The molecule has 1 saturated heterocycles. The van der Waals surface area contributed by atoms with Gasteiger partial charge in [-0.3, -0.25) is 4.79 Å². The van der Waals surface area contributed by atoms with E-state index < -0.39 is 5.54 Å². The summed E-state index contributed by atoms with van der Waals surface area (Å²) in [6.07, 6.45) is 0.426. The van der Waals surface area contributed by atoms with Crippen LogP contribution in [0.1, 0.15) is 20.3 Å². The molecular formula is C13H16N2O2. The number of anilines is 1. The molecule has 4 nitrogen and oxygen atoms in total. The lowest BCUT2D eigenvalue weighted by Crippen LogP contribution is -2.45. The minimum absolute atomic E-state index is 0.109. The molecule has 1 heterocycles. The fourth-order valence-corrected chi connectivity index (χ4v) is 2.08. The topological polar surface area (TPSA) is 49.4 Å². The summed E-state index contributed by atoms with van der Waals surface area (Å²) in [4.78, 5) is 25.0. The quantitative estimate of drug-likeness (QED) is 0.807. The summed E-state index contributed by atoms with van der Waals surface area (Å²) in [5.74, 6) is 0.109. The van der Waals surface area contributed by atoms with E-state index in [0.717, 1.165) is 5.69 Å². The summed E-state index contributed by atoms with van der Waals surface area (Å²) < 4.78 is 0. The Kier molecular flexibility index (Phi) is 2.88. The van der Waals surface area contributed by atoms with E-state index in [0.29, 0.717) is 6.42 Å². The summed E-state index contributed by atoms with van der Waals surface area (Å²) in [5.41, 5.74) is 0.350. The zero-order valence-electron chi connectivity index (χ0n) is 10.1. The number of hydrogen-bond donors (Lipinski definition) is 1. The molecule has 1 aromatic rings. The van der Waals surface area contributed by atoms with Crippen molar-refractivity contribution in [3.05, 3.63) is 30.3 Å². The average Bonchev–Trinajstić information content (AvgIpc) is 2.53. The Morgan fingerprint density at radius 2 is 1.94 bits per heavy atom. The van der Waals surface area contributed by atoms with E-state index in [1.54, 1.807) is 4.90 Å². The minimum Gasteiger partial charge on any atom is -0.312 e. The van der Waals surface area contributed by atoms with Gasteiger partial charge in [0.15, 0.2) is 5.78 Å². The molecule has 0 saturated carbocycles. The molecule has 0 aromatic heterocycles. The van der Waals surface area contributed by atoms with Crippen molar-refractivity contribution in [2.24, 2.45) is 0 Å². The van der Waals surface area contributed by atoms with Gasteiger partial charge < -0.3 is 10.2 Å². The lowest BCUT2D eigenvalue weighted by Gasteiger charge is -2.30. The summed E-state index contributed by atoms with van der Waals surface area (Å²) in [6, 6.07) is 9.03. The van der Waals surface area contributed by atoms with Crippen LogP contribution in [-0.2, 0) is 4.79 Å². The average molecular weight is 232 g/mol. The second kappa shape index (κ2) is 4.20. The zero-order chi connectivity index (χ0) is 12.5. The monoisotopic (exact) mass is 232 g/mol. The molecule has 1 N–H and O–H groups in total. The number of nitrogens with one attached hydrogen (secondary N) is 1. The van der Waals surface area contributed by atoms with Crippen LogP contribution in [0.25, 0.3) is 0 Å². The number of amides is 2. The van der Waals surface area contributed by atoms with Crippen molar-refractivity contribution in [1.29, 1.82) is 0 Å². The van der Waals surface area contributed by atoms with Gasteiger partial charge in [0.1, 0.15) is 0 Å². The molecule has 2 rings (SSSR count). The first-order valence-electron chi connectivity index (χ1n) is 5.64. The molecule has 1 aliphatic heterocycles. The van der Waals surface area contributed by atoms with Gasteiger partial charge in [0.05, 0.1) is 6.54 Å². The van der Waals surface area contributed by atoms with Crippen molar-refractivity contribution < 1.29 is 9.59 Å². The highest BCUT2D eigenvalue weighted by Crippen LogP contribution is 2.26. The Morgan fingerprint density at radius 1 is 1.29 bits per heavy atom. The maximum absolute atomic E-state index is 12.0. The van der Waals surface area contributed by atoms with Crippen molar-refractivity contribution >= 4 is 17.5 Å². The van der Waals surface area contributed by atoms with Gasteiger partial charge in [-0.1, -0.05) is 18.2 Å². The molecule has 1 aliphatic rings. The summed E-state index contributed by atoms with van der Waals surface area (Å²) in [6.45, 7) is 4.01. The first kappa shape index (κ1) is 11.6. The number of urea groups is 1. The molecule has 4 heteroatoms. The molecule has 1 aromatic carbocycles. The molecule has 0 unspecified atom stereocenters. The summed E-state index contributed by atoms with van der Waals surface area (Å²) in [5, 5.41) is 2.79. The van der Waals surface area contributed by atoms with Crippen molar-refractivity contribution in [2.45, 2.75) is 25.8 Å². The first-order valence-corrected chi connectivity index (χ1v) is 5.64.